The number of hydrogen-bond donors (Lipinski definition) is 3. The largest absolute Gasteiger partial charge is 0.357 e. The van der Waals surface area contributed by atoms with E-state index < -0.39 is 17.5 Å². The molecule has 3 amide bonds. The average molecular weight is 339 g/mol. The maximum absolute atomic E-state index is 12.8. The van der Waals surface area contributed by atoms with E-state index in [0.717, 1.165) is 25.7 Å². The van der Waals surface area contributed by atoms with Crippen molar-refractivity contribution in [1.82, 2.24) is 16.0 Å². The minimum atomic E-state index is -0.666. The van der Waals surface area contributed by atoms with Gasteiger partial charge in [-0.15, -0.1) is 0 Å². The summed E-state index contributed by atoms with van der Waals surface area (Å²) >= 11 is 0. The van der Waals surface area contributed by atoms with Crippen molar-refractivity contribution in [3.8, 4) is 0 Å². The smallest absolute Gasteiger partial charge is 0.243 e. The van der Waals surface area contributed by atoms with Crippen molar-refractivity contribution in [2.75, 3.05) is 7.05 Å². The summed E-state index contributed by atoms with van der Waals surface area (Å²) in [5, 5.41) is 8.35. The lowest BCUT2D eigenvalue weighted by molar-refractivity contribution is -0.135. The lowest BCUT2D eigenvalue weighted by Crippen LogP contribution is -2.59. The fourth-order valence-electron chi connectivity index (χ4n) is 3.20. The highest BCUT2D eigenvalue weighted by molar-refractivity contribution is 5.92. The Morgan fingerprint density at radius 1 is 1.00 bits per heavy atom. The summed E-state index contributed by atoms with van der Waals surface area (Å²) < 4.78 is 0. The first-order valence-corrected chi connectivity index (χ1v) is 9.02. The molecule has 0 aromatic carbocycles. The number of nitrogens with one attached hydrogen (secondary N) is 3. The Bertz CT molecular complexity index is 451. The van der Waals surface area contributed by atoms with Crippen molar-refractivity contribution >= 4 is 17.7 Å². The van der Waals surface area contributed by atoms with Crippen LogP contribution in [0.5, 0.6) is 0 Å². The standard InChI is InChI=1S/C18H33N3O3/c1-6-13(22)20-15(18(2,3)4)17(24)21-14(16(23)19-5)12-10-8-7-9-11-12/h12,14-15H,6-11H2,1-5H3,(H,19,23)(H,20,22)(H,21,24)/t14-,15+/m0/s1. The highest BCUT2D eigenvalue weighted by Gasteiger charge is 2.37. The summed E-state index contributed by atoms with van der Waals surface area (Å²) in [4.78, 5) is 36.9. The van der Waals surface area contributed by atoms with Crippen LogP contribution < -0.4 is 16.0 Å². The number of likely N-dealkylation sites (N-methyl/N-ethyl adjacent to an activating group) is 1. The molecule has 2 atom stereocenters. The number of carbonyl (C=O) groups excluding carboxylic acids is 3. The van der Waals surface area contributed by atoms with Gasteiger partial charge in [0.05, 0.1) is 0 Å². The van der Waals surface area contributed by atoms with Crippen LogP contribution in [-0.4, -0.2) is 36.9 Å². The SMILES string of the molecule is CCC(=O)N[C@H](C(=O)N[C@H](C(=O)NC)C1CCCCC1)C(C)(C)C. The van der Waals surface area contributed by atoms with Crippen molar-refractivity contribution in [2.24, 2.45) is 11.3 Å². The van der Waals surface area contributed by atoms with E-state index in [2.05, 4.69) is 16.0 Å². The minimum Gasteiger partial charge on any atom is -0.357 e. The van der Waals surface area contributed by atoms with Gasteiger partial charge in [0, 0.05) is 13.5 Å². The Balaban J connectivity index is 2.90. The molecule has 0 bridgehead atoms. The summed E-state index contributed by atoms with van der Waals surface area (Å²) in [6, 6.07) is -1.20. The van der Waals surface area contributed by atoms with Gasteiger partial charge in [-0.3, -0.25) is 14.4 Å². The molecular weight excluding hydrogens is 306 g/mol. The summed E-state index contributed by atoms with van der Waals surface area (Å²) in [6.45, 7) is 7.47. The summed E-state index contributed by atoms with van der Waals surface area (Å²) in [7, 11) is 1.59. The molecule has 6 heteroatoms. The van der Waals surface area contributed by atoms with Gasteiger partial charge in [-0.25, -0.2) is 0 Å². The second-order valence-corrected chi connectivity index (χ2v) is 7.72. The quantitative estimate of drug-likeness (QED) is 0.689. The van der Waals surface area contributed by atoms with Crippen molar-refractivity contribution in [3.05, 3.63) is 0 Å². The monoisotopic (exact) mass is 339 g/mol. The summed E-state index contributed by atoms with van der Waals surface area (Å²) in [5.41, 5.74) is -0.436. The third kappa shape index (κ3) is 5.80. The minimum absolute atomic E-state index is 0.158. The van der Waals surface area contributed by atoms with Crippen LogP contribution in [0, 0.1) is 11.3 Å². The third-order valence-electron chi connectivity index (χ3n) is 4.70. The number of carbonyl (C=O) groups is 3. The van der Waals surface area contributed by atoms with Gasteiger partial charge < -0.3 is 16.0 Å². The van der Waals surface area contributed by atoms with Crippen LogP contribution in [0.2, 0.25) is 0 Å². The molecule has 0 unspecified atom stereocenters. The topological polar surface area (TPSA) is 87.3 Å². The number of amides is 3. The zero-order valence-corrected chi connectivity index (χ0v) is 15.7. The van der Waals surface area contributed by atoms with E-state index in [-0.39, 0.29) is 23.6 Å². The lowest BCUT2D eigenvalue weighted by Gasteiger charge is -2.34. The molecule has 1 aliphatic carbocycles. The zero-order chi connectivity index (χ0) is 18.3. The normalized spacial score (nSPS) is 18.4. The summed E-state index contributed by atoms with van der Waals surface area (Å²) in [6.07, 6.45) is 5.57. The maximum atomic E-state index is 12.8. The van der Waals surface area contributed by atoms with Crippen molar-refractivity contribution < 1.29 is 14.4 Å². The molecule has 0 saturated heterocycles. The Morgan fingerprint density at radius 2 is 1.58 bits per heavy atom. The second kappa shape index (κ2) is 9.04. The molecule has 0 aliphatic heterocycles. The van der Waals surface area contributed by atoms with E-state index >= 15 is 0 Å². The van der Waals surface area contributed by atoms with Gasteiger partial charge in [0.2, 0.25) is 17.7 Å². The fourth-order valence-corrected chi connectivity index (χ4v) is 3.20. The molecule has 0 heterocycles. The predicted molar refractivity (Wildman–Crippen MR) is 94.2 cm³/mol. The second-order valence-electron chi connectivity index (χ2n) is 7.72. The first-order valence-electron chi connectivity index (χ1n) is 9.02. The molecule has 138 valence electrons. The molecular formula is C18H33N3O3. The third-order valence-corrected chi connectivity index (χ3v) is 4.70. The maximum Gasteiger partial charge on any atom is 0.243 e. The van der Waals surface area contributed by atoms with Gasteiger partial charge in [-0.1, -0.05) is 47.0 Å². The first-order chi connectivity index (χ1) is 11.2. The lowest BCUT2D eigenvalue weighted by atomic mass is 9.82. The van der Waals surface area contributed by atoms with E-state index in [1.807, 2.05) is 20.8 Å². The van der Waals surface area contributed by atoms with Crippen molar-refractivity contribution in [2.45, 2.75) is 78.3 Å². The Hall–Kier alpha value is -1.59. The number of rotatable bonds is 6. The van der Waals surface area contributed by atoms with Gasteiger partial charge >= 0.3 is 0 Å². The highest BCUT2D eigenvalue weighted by Crippen LogP contribution is 2.27. The van der Waals surface area contributed by atoms with Gasteiger partial charge in [0.25, 0.3) is 0 Å². The van der Waals surface area contributed by atoms with E-state index in [0.29, 0.717) is 6.42 Å². The van der Waals surface area contributed by atoms with Crippen LogP contribution in [0.4, 0.5) is 0 Å². The van der Waals surface area contributed by atoms with Gasteiger partial charge in [-0.2, -0.15) is 0 Å². The molecule has 1 saturated carbocycles. The highest BCUT2D eigenvalue weighted by atomic mass is 16.2. The molecule has 0 radical (unpaired) electrons. The van der Waals surface area contributed by atoms with Crippen LogP contribution in [0.25, 0.3) is 0 Å². The number of hydrogen-bond acceptors (Lipinski definition) is 3. The Morgan fingerprint density at radius 3 is 2.04 bits per heavy atom. The summed E-state index contributed by atoms with van der Waals surface area (Å²) in [5.74, 6) is -0.461. The molecule has 1 aliphatic rings. The van der Waals surface area contributed by atoms with Gasteiger partial charge in [0.15, 0.2) is 0 Å². The van der Waals surface area contributed by atoms with Crippen LogP contribution in [0.3, 0.4) is 0 Å². The first kappa shape index (κ1) is 20.5. The van der Waals surface area contributed by atoms with Crippen LogP contribution in [0.1, 0.15) is 66.2 Å². The zero-order valence-electron chi connectivity index (χ0n) is 15.7. The van der Waals surface area contributed by atoms with E-state index in [1.54, 1.807) is 14.0 Å². The van der Waals surface area contributed by atoms with E-state index in [9.17, 15) is 14.4 Å². The van der Waals surface area contributed by atoms with Gasteiger partial charge in [-0.05, 0) is 24.2 Å². The van der Waals surface area contributed by atoms with E-state index in [1.165, 1.54) is 6.42 Å². The Labute approximate surface area is 145 Å². The molecule has 3 N–H and O–H groups in total. The predicted octanol–water partition coefficient (Wildman–Crippen LogP) is 1.74. The molecule has 1 rings (SSSR count). The van der Waals surface area contributed by atoms with Crippen molar-refractivity contribution in [1.29, 1.82) is 0 Å². The molecule has 6 nitrogen and oxygen atoms in total. The molecule has 0 aromatic rings. The average Bonchev–Trinajstić information content (AvgIpc) is 2.56. The Kier molecular flexibility index (Phi) is 7.70. The molecule has 0 spiro atoms. The molecule has 0 aromatic heterocycles. The van der Waals surface area contributed by atoms with Crippen molar-refractivity contribution in [3.63, 3.8) is 0 Å². The molecule has 1 fully saturated rings. The fraction of sp³-hybridized carbons (Fsp3) is 0.833. The van der Waals surface area contributed by atoms with Crippen LogP contribution in [-0.2, 0) is 14.4 Å². The van der Waals surface area contributed by atoms with Gasteiger partial charge in [0.1, 0.15) is 12.1 Å². The van der Waals surface area contributed by atoms with Crippen LogP contribution >= 0.6 is 0 Å². The van der Waals surface area contributed by atoms with E-state index in [4.69, 9.17) is 0 Å². The molecule has 24 heavy (non-hydrogen) atoms. The van der Waals surface area contributed by atoms with Crippen LogP contribution in [0.15, 0.2) is 0 Å².